The van der Waals surface area contributed by atoms with E-state index in [4.69, 9.17) is 0 Å². The molecule has 0 amide bonds. The molecule has 2 aromatic carbocycles. The van der Waals surface area contributed by atoms with Crippen LogP contribution in [0.25, 0.3) is 39.1 Å². The maximum absolute atomic E-state index is 9.81. The lowest BCUT2D eigenvalue weighted by atomic mass is 9.97. The van der Waals surface area contributed by atoms with Gasteiger partial charge >= 0.3 is 0 Å². The molecule has 158 valence electrons. The molecular formula is C25H27N5O. The highest BCUT2D eigenvalue weighted by Crippen LogP contribution is 2.32. The van der Waals surface area contributed by atoms with Gasteiger partial charge in [-0.15, -0.1) is 0 Å². The number of phenolic OH excluding ortho intramolecular Hbond substituents is 1. The second kappa shape index (κ2) is 8.04. The predicted octanol–water partition coefficient (Wildman–Crippen LogP) is 5.04. The van der Waals surface area contributed by atoms with E-state index in [1.54, 1.807) is 6.07 Å². The number of hydrogen-bond donors (Lipinski definition) is 4. The van der Waals surface area contributed by atoms with Crippen molar-refractivity contribution < 1.29 is 5.11 Å². The molecular weight excluding hydrogens is 386 g/mol. The van der Waals surface area contributed by atoms with Crippen molar-refractivity contribution in [3.05, 3.63) is 59.9 Å². The van der Waals surface area contributed by atoms with Crippen molar-refractivity contribution >= 4 is 16.5 Å². The summed E-state index contributed by atoms with van der Waals surface area (Å²) < 4.78 is 0. The molecule has 1 atom stereocenters. The number of nitrogens with one attached hydrogen (secondary N) is 3. The average molecular weight is 414 g/mol. The smallest absolute Gasteiger partial charge is 0.159 e. The van der Waals surface area contributed by atoms with Gasteiger partial charge in [0.2, 0.25) is 0 Å². The maximum Gasteiger partial charge on any atom is 0.159 e. The minimum Gasteiger partial charge on any atom is -0.508 e. The lowest BCUT2D eigenvalue weighted by Gasteiger charge is -2.22. The average Bonchev–Trinajstić information content (AvgIpc) is 3.45. The van der Waals surface area contributed by atoms with Gasteiger partial charge < -0.3 is 15.4 Å². The van der Waals surface area contributed by atoms with Crippen molar-refractivity contribution in [2.75, 3.05) is 6.54 Å². The Labute approximate surface area is 181 Å². The zero-order valence-corrected chi connectivity index (χ0v) is 17.9. The molecule has 0 bridgehead atoms. The van der Waals surface area contributed by atoms with Gasteiger partial charge in [-0.1, -0.05) is 32.1 Å². The molecule has 1 unspecified atom stereocenters. The van der Waals surface area contributed by atoms with Crippen LogP contribution in [0.5, 0.6) is 5.75 Å². The minimum atomic E-state index is 0.299. The number of benzene rings is 2. The zero-order chi connectivity index (χ0) is 21.4. The first kappa shape index (κ1) is 19.6. The van der Waals surface area contributed by atoms with Gasteiger partial charge in [-0.25, -0.2) is 4.98 Å². The highest BCUT2D eigenvalue weighted by Gasteiger charge is 2.18. The summed E-state index contributed by atoms with van der Waals surface area (Å²) in [5, 5.41) is 22.1. The summed E-state index contributed by atoms with van der Waals surface area (Å²) in [6.45, 7) is 5.21. The van der Waals surface area contributed by atoms with Gasteiger partial charge in [0.05, 0.1) is 17.4 Å². The van der Waals surface area contributed by atoms with Crippen LogP contribution >= 0.6 is 0 Å². The molecule has 4 N–H and O–H groups in total. The molecule has 3 heterocycles. The standard InChI is InChI=1S/C25H27N5O/c1-3-15-12-19(31)6-8-20(15)16-5-7-21-22(13-16)29-30-24(21)25-27-14-23(28-25)17-9-10-26-18(4-2)11-17/h5-9,12-14,18,26,31H,3-4,10-11H2,1-2H3,(H,27,28)(H,29,30). The van der Waals surface area contributed by atoms with Crippen molar-refractivity contribution in [2.24, 2.45) is 0 Å². The van der Waals surface area contributed by atoms with Gasteiger partial charge in [-0.3, -0.25) is 5.10 Å². The molecule has 1 aliphatic heterocycles. The lowest BCUT2D eigenvalue weighted by Crippen LogP contribution is -2.32. The van der Waals surface area contributed by atoms with Crippen molar-refractivity contribution in [3.8, 4) is 28.4 Å². The monoisotopic (exact) mass is 413 g/mol. The van der Waals surface area contributed by atoms with Crippen LogP contribution in [0.15, 0.2) is 48.7 Å². The number of H-pyrrole nitrogens is 2. The number of nitrogens with zero attached hydrogens (tertiary/aromatic N) is 2. The van der Waals surface area contributed by atoms with Crippen LogP contribution in [-0.2, 0) is 6.42 Å². The van der Waals surface area contributed by atoms with E-state index >= 15 is 0 Å². The van der Waals surface area contributed by atoms with Crippen molar-refractivity contribution in [2.45, 2.75) is 39.2 Å². The highest BCUT2D eigenvalue weighted by molar-refractivity contribution is 5.94. The molecule has 4 aromatic rings. The molecule has 0 spiro atoms. The van der Waals surface area contributed by atoms with E-state index in [9.17, 15) is 5.11 Å². The maximum atomic E-state index is 9.81. The molecule has 0 radical (unpaired) electrons. The van der Waals surface area contributed by atoms with Gasteiger partial charge in [0.15, 0.2) is 5.82 Å². The summed E-state index contributed by atoms with van der Waals surface area (Å²) in [6, 6.07) is 12.4. The van der Waals surface area contributed by atoms with E-state index in [2.05, 4.69) is 63.6 Å². The molecule has 0 aliphatic carbocycles. The number of aromatic amines is 2. The molecule has 2 aromatic heterocycles. The minimum absolute atomic E-state index is 0.299. The fourth-order valence-corrected chi connectivity index (χ4v) is 4.40. The van der Waals surface area contributed by atoms with E-state index in [0.29, 0.717) is 11.8 Å². The SMILES string of the molecule is CCc1cc(O)ccc1-c1ccc2c(-c3ncc(C4=CCNC(CC)C4)[nH]3)n[nH]c2c1. The van der Waals surface area contributed by atoms with E-state index in [-0.39, 0.29) is 0 Å². The molecule has 31 heavy (non-hydrogen) atoms. The van der Waals surface area contributed by atoms with Crippen LogP contribution < -0.4 is 5.32 Å². The van der Waals surface area contributed by atoms with Gasteiger partial charge in [0, 0.05) is 18.0 Å². The van der Waals surface area contributed by atoms with Gasteiger partial charge in [-0.2, -0.15) is 5.10 Å². The number of phenols is 1. The number of aromatic nitrogens is 4. The summed E-state index contributed by atoms with van der Waals surface area (Å²) in [4.78, 5) is 8.10. The Balaban J connectivity index is 1.48. The first-order valence-corrected chi connectivity index (χ1v) is 10.9. The molecule has 1 aliphatic rings. The number of aryl methyl sites for hydroxylation is 1. The molecule has 0 saturated carbocycles. The third-order valence-corrected chi connectivity index (χ3v) is 6.20. The Hall–Kier alpha value is -3.38. The number of aromatic hydroxyl groups is 1. The predicted molar refractivity (Wildman–Crippen MR) is 125 cm³/mol. The fraction of sp³-hybridized carbons (Fsp3) is 0.280. The van der Waals surface area contributed by atoms with E-state index in [0.717, 1.165) is 70.6 Å². The van der Waals surface area contributed by atoms with Crippen molar-refractivity contribution in [1.82, 2.24) is 25.5 Å². The summed E-state index contributed by atoms with van der Waals surface area (Å²) >= 11 is 0. The van der Waals surface area contributed by atoms with Crippen molar-refractivity contribution in [3.63, 3.8) is 0 Å². The number of rotatable bonds is 5. The van der Waals surface area contributed by atoms with Crippen molar-refractivity contribution in [1.29, 1.82) is 0 Å². The van der Waals surface area contributed by atoms with Crippen LogP contribution in [0.2, 0.25) is 0 Å². The van der Waals surface area contributed by atoms with Crippen LogP contribution in [0.4, 0.5) is 0 Å². The van der Waals surface area contributed by atoms with E-state index in [1.807, 2.05) is 18.3 Å². The molecule has 0 saturated heterocycles. The van der Waals surface area contributed by atoms with Gasteiger partial charge in [-0.05, 0) is 65.8 Å². The summed E-state index contributed by atoms with van der Waals surface area (Å²) in [7, 11) is 0. The van der Waals surface area contributed by atoms with Gasteiger partial charge in [0.1, 0.15) is 11.4 Å². The second-order valence-electron chi connectivity index (χ2n) is 8.12. The Kier molecular flexibility index (Phi) is 5.08. The molecule has 6 heteroatoms. The Morgan fingerprint density at radius 2 is 2.03 bits per heavy atom. The Morgan fingerprint density at radius 3 is 2.87 bits per heavy atom. The highest BCUT2D eigenvalue weighted by atomic mass is 16.3. The topological polar surface area (TPSA) is 89.6 Å². The van der Waals surface area contributed by atoms with E-state index < -0.39 is 0 Å². The number of imidazole rings is 1. The summed E-state index contributed by atoms with van der Waals surface area (Å²) in [5.74, 6) is 1.08. The molecule has 6 nitrogen and oxygen atoms in total. The third-order valence-electron chi connectivity index (χ3n) is 6.20. The molecule has 0 fully saturated rings. The van der Waals surface area contributed by atoms with Crippen LogP contribution in [0, 0.1) is 0 Å². The van der Waals surface area contributed by atoms with Crippen LogP contribution in [-0.4, -0.2) is 37.9 Å². The lowest BCUT2D eigenvalue weighted by molar-refractivity contribution is 0.474. The zero-order valence-electron chi connectivity index (χ0n) is 17.9. The van der Waals surface area contributed by atoms with Crippen LogP contribution in [0.1, 0.15) is 37.9 Å². The third kappa shape index (κ3) is 3.64. The van der Waals surface area contributed by atoms with E-state index in [1.165, 1.54) is 5.57 Å². The van der Waals surface area contributed by atoms with Gasteiger partial charge in [0.25, 0.3) is 0 Å². The molecule has 5 rings (SSSR count). The Morgan fingerprint density at radius 1 is 1.13 bits per heavy atom. The quantitative estimate of drug-likeness (QED) is 0.369. The normalized spacial score (nSPS) is 16.6. The fourth-order valence-electron chi connectivity index (χ4n) is 4.40. The largest absolute Gasteiger partial charge is 0.508 e. The van der Waals surface area contributed by atoms with Crippen LogP contribution in [0.3, 0.4) is 0 Å². The number of hydrogen-bond acceptors (Lipinski definition) is 4. The number of fused-ring (bicyclic) bond motifs is 1. The first-order chi connectivity index (χ1) is 15.2. The first-order valence-electron chi connectivity index (χ1n) is 10.9. The summed E-state index contributed by atoms with van der Waals surface area (Å²) in [6.07, 6.45) is 7.13. The second-order valence-corrected chi connectivity index (χ2v) is 8.12. The Bertz CT molecular complexity index is 1270. The summed E-state index contributed by atoms with van der Waals surface area (Å²) in [5.41, 5.74) is 7.52.